The van der Waals surface area contributed by atoms with Gasteiger partial charge in [0.05, 0.1) is 18.5 Å². The summed E-state index contributed by atoms with van der Waals surface area (Å²) in [6.07, 6.45) is -0.334. The predicted molar refractivity (Wildman–Crippen MR) is 51.8 cm³/mol. The number of aliphatic hydroxyl groups is 1. The van der Waals surface area contributed by atoms with E-state index in [-0.39, 0.29) is 17.3 Å². The Morgan fingerprint density at radius 2 is 2.46 bits per heavy atom. The first-order valence-electron chi connectivity index (χ1n) is 4.40. The van der Waals surface area contributed by atoms with Crippen LogP contribution in [0.3, 0.4) is 0 Å². The second kappa shape index (κ2) is 5.47. The number of esters is 1. The molecule has 0 aromatic rings. The van der Waals surface area contributed by atoms with Crippen molar-refractivity contribution in [1.82, 2.24) is 5.32 Å². The van der Waals surface area contributed by atoms with Crippen molar-refractivity contribution in [2.75, 3.05) is 25.4 Å². The molecule has 2 atom stereocenters. The molecule has 0 aromatic carbocycles. The monoisotopic (exact) mass is 205 g/mol. The molecule has 1 aliphatic heterocycles. The third-order valence-electron chi connectivity index (χ3n) is 1.85. The predicted octanol–water partition coefficient (Wildman–Crippen LogP) is -0.385. The van der Waals surface area contributed by atoms with Crippen LogP contribution in [0.4, 0.5) is 0 Å². The Morgan fingerprint density at radius 1 is 1.69 bits per heavy atom. The van der Waals surface area contributed by atoms with Gasteiger partial charge in [-0.05, 0) is 6.92 Å². The lowest BCUT2D eigenvalue weighted by molar-refractivity contribution is -0.139. The van der Waals surface area contributed by atoms with Gasteiger partial charge in [-0.1, -0.05) is 0 Å². The minimum atomic E-state index is -0.334. The Hall–Kier alpha value is -0.260. The van der Waals surface area contributed by atoms with E-state index in [2.05, 4.69) is 5.32 Å². The van der Waals surface area contributed by atoms with Crippen LogP contribution >= 0.6 is 11.8 Å². The molecule has 1 fully saturated rings. The fourth-order valence-corrected chi connectivity index (χ4v) is 2.18. The van der Waals surface area contributed by atoms with Gasteiger partial charge in [-0.15, -0.1) is 11.8 Å². The summed E-state index contributed by atoms with van der Waals surface area (Å²) >= 11 is 1.45. The summed E-state index contributed by atoms with van der Waals surface area (Å²) in [4.78, 5) is 11.0. The summed E-state index contributed by atoms with van der Waals surface area (Å²) in [7, 11) is 0. The van der Waals surface area contributed by atoms with Crippen LogP contribution in [0, 0.1) is 0 Å². The largest absolute Gasteiger partial charge is 0.465 e. The molecule has 4 nitrogen and oxygen atoms in total. The number of β-amino-alcohol motifs (C(OH)–C–C–N with tert-alkyl or cyclic N) is 1. The summed E-state index contributed by atoms with van der Waals surface area (Å²) in [5.41, 5.74) is 0. The number of hydrogen-bond donors (Lipinski definition) is 2. The zero-order chi connectivity index (χ0) is 9.68. The van der Waals surface area contributed by atoms with Crippen molar-refractivity contribution in [3.8, 4) is 0 Å². The number of aliphatic hydroxyl groups excluding tert-OH is 1. The van der Waals surface area contributed by atoms with Crippen molar-refractivity contribution in [1.29, 1.82) is 0 Å². The molecule has 1 aliphatic rings. The Kier molecular flexibility index (Phi) is 4.55. The van der Waals surface area contributed by atoms with Crippen molar-refractivity contribution in [3.63, 3.8) is 0 Å². The molecular formula is C8H15NO3S. The Morgan fingerprint density at radius 3 is 3.00 bits per heavy atom. The van der Waals surface area contributed by atoms with Gasteiger partial charge in [-0.2, -0.15) is 0 Å². The van der Waals surface area contributed by atoms with Crippen molar-refractivity contribution < 1.29 is 14.6 Å². The second-order valence-electron chi connectivity index (χ2n) is 2.88. The SMILES string of the molecule is CCOC(=O)CSC1CNCC1O. The highest BCUT2D eigenvalue weighted by Gasteiger charge is 2.25. The first-order chi connectivity index (χ1) is 6.24. The average molecular weight is 205 g/mol. The van der Waals surface area contributed by atoms with E-state index in [4.69, 9.17) is 4.74 Å². The molecule has 0 radical (unpaired) electrons. The van der Waals surface area contributed by atoms with Crippen LogP contribution in [0.1, 0.15) is 6.92 Å². The molecule has 2 unspecified atom stereocenters. The fraction of sp³-hybridized carbons (Fsp3) is 0.875. The number of thioether (sulfide) groups is 1. The van der Waals surface area contributed by atoms with Crippen molar-refractivity contribution in [2.45, 2.75) is 18.3 Å². The lowest BCUT2D eigenvalue weighted by Gasteiger charge is -2.11. The minimum Gasteiger partial charge on any atom is -0.465 e. The molecule has 76 valence electrons. The first kappa shape index (κ1) is 10.8. The van der Waals surface area contributed by atoms with Gasteiger partial charge < -0.3 is 15.2 Å². The number of rotatable bonds is 4. The van der Waals surface area contributed by atoms with Gasteiger partial charge >= 0.3 is 5.97 Å². The zero-order valence-corrected chi connectivity index (χ0v) is 8.47. The number of ether oxygens (including phenoxy) is 1. The lowest BCUT2D eigenvalue weighted by Crippen LogP contribution is -2.22. The quantitative estimate of drug-likeness (QED) is 0.612. The summed E-state index contributed by atoms with van der Waals surface area (Å²) in [6, 6.07) is 0. The zero-order valence-electron chi connectivity index (χ0n) is 7.66. The van der Waals surface area contributed by atoms with Gasteiger partial charge in [0.25, 0.3) is 0 Å². The Labute approximate surface area is 82.0 Å². The number of carbonyl (C=O) groups is 1. The molecule has 13 heavy (non-hydrogen) atoms. The summed E-state index contributed by atoms with van der Waals surface area (Å²) in [5, 5.41) is 12.6. The fourth-order valence-electron chi connectivity index (χ4n) is 1.19. The van der Waals surface area contributed by atoms with Crippen LogP contribution in [0.25, 0.3) is 0 Å². The van der Waals surface area contributed by atoms with Crippen LogP contribution in [0.15, 0.2) is 0 Å². The molecule has 1 saturated heterocycles. The standard InChI is InChI=1S/C8H15NO3S/c1-2-12-8(11)5-13-7-4-9-3-6(7)10/h6-7,9-10H,2-5H2,1H3. The smallest absolute Gasteiger partial charge is 0.315 e. The topological polar surface area (TPSA) is 58.6 Å². The maximum Gasteiger partial charge on any atom is 0.315 e. The summed E-state index contributed by atoms with van der Waals surface area (Å²) < 4.78 is 4.78. The van der Waals surface area contributed by atoms with E-state index in [0.717, 1.165) is 6.54 Å². The highest BCUT2D eigenvalue weighted by atomic mass is 32.2. The van der Waals surface area contributed by atoms with Gasteiger partial charge in [0.2, 0.25) is 0 Å². The van der Waals surface area contributed by atoms with Crippen LogP contribution < -0.4 is 5.32 Å². The van der Waals surface area contributed by atoms with Gasteiger partial charge in [-0.3, -0.25) is 4.79 Å². The summed E-state index contributed by atoms with van der Waals surface area (Å²) in [6.45, 7) is 3.60. The van der Waals surface area contributed by atoms with Crippen molar-refractivity contribution in [2.24, 2.45) is 0 Å². The van der Waals surface area contributed by atoms with E-state index >= 15 is 0 Å². The van der Waals surface area contributed by atoms with Gasteiger partial charge in [-0.25, -0.2) is 0 Å². The third-order valence-corrected chi connectivity index (χ3v) is 3.16. The molecule has 0 spiro atoms. The molecule has 5 heteroatoms. The Bertz CT molecular complexity index is 177. The lowest BCUT2D eigenvalue weighted by atomic mass is 10.3. The van der Waals surface area contributed by atoms with Crippen LogP contribution in [0.2, 0.25) is 0 Å². The van der Waals surface area contributed by atoms with E-state index in [1.807, 2.05) is 0 Å². The van der Waals surface area contributed by atoms with E-state index < -0.39 is 0 Å². The highest BCUT2D eigenvalue weighted by molar-refractivity contribution is 8.00. The molecule has 0 bridgehead atoms. The average Bonchev–Trinajstić information content (AvgIpc) is 2.48. The van der Waals surface area contributed by atoms with Crippen LogP contribution in [0.5, 0.6) is 0 Å². The normalized spacial score (nSPS) is 27.5. The van der Waals surface area contributed by atoms with Crippen molar-refractivity contribution >= 4 is 17.7 Å². The van der Waals surface area contributed by atoms with Crippen molar-refractivity contribution in [3.05, 3.63) is 0 Å². The summed E-state index contributed by atoms with van der Waals surface area (Å²) in [5.74, 6) is 0.128. The van der Waals surface area contributed by atoms with Gasteiger partial charge in [0.15, 0.2) is 0 Å². The minimum absolute atomic E-state index is 0.129. The molecule has 0 aromatic heterocycles. The molecule has 2 N–H and O–H groups in total. The maximum atomic E-state index is 11.0. The maximum absolute atomic E-state index is 11.0. The highest BCUT2D eigenvalue weighted by Crippen LogP contribution is 2.17. The number of nitrogens with one attached hydrogen (secondary N) is 1. The molecule has 0 aliphatic carbocycles. The van der Waals surface area contributed by atoms with E-state index in [1.165, 1.54) is 11.8 Å². The number of carbonyl (C=O) groups excluding carboxylic acids is 1. The first-order valence-corrected chi connectivity index (χ1v) is 5.45. The van der Waals surface area contributed by atoms with E-state index in [9.17, 15) is 9.90 Å². The molecular weight excluding hydrogens is 190 g/mol. The Balaban J connectivity index is 2.14. The second-order valence-corrected chi connectivity index (χ2v) is 4.11. The van der Waals surface area contributed by atoms with Gasteiger partial charge in [0.1, 0.15) is 0 Å². The van der Waals surface area contributed by atoms with E-state index in [0.29, 0.717) is 18.9 Å². The van der Waals surface area contributed by atoms with Crippen LogP contribution in [-0.2, 0) is 9.53 Å². The number of hydrogen-bond acceptors (Lipinski definition) is 5. The van der Waals surface area contributed by atoms with Gasteiger partial charge in [0, 0.05) is 18.3 Å². The van der Waals surface area contributed by atoms with Crippen LogP contribution in [-0.4, -0.2) is 47.9 Å². The third kappa shape index (κ3) is 3.54. The molecule has 1 heterocycles. The van der Waals surface area contributed by atoms with E-state index in [1.54, 1.807) is 6.92 Å². The molecule has 0 amide bonds. The molecule has 0 saturated carbocycles. The molecule has 1 rings (SSSR count).